The number of fused-ring (bicyclic) bond motifs is 1. The number of carbonyl (C=O) groups is 3. The van der Waals surface area contributed by atoms with Crippen LogP contribution in [-0.2, 0) is 14.8 Å². The molecule has 1 aliphatic heterocycles. The number of nitrogens with zero attached hydrogens (tertiary/aromatic N) is 3. The minimum Gasteiger partial charge on any atom is -0.324 e. The van der Waals surface area contributed by atoms with Crippen LogP contribution in [0, 0.1) is 10.1 Å². The highest BCUT2D eigenvalue weighted by Crippen LogP contribution is 2.32. The number of rotatable bonds is 6. The SMILES string of the molecule is CC(C(=O)Nc1cccc(S(=O)(=O)N(C)C)c1)N1C(=O)c2cccc([N+](=O)[O-])c2C1=O. The standard InChI is InChI=1S/C19H18N4O7S/c1-11(17(24)20-12-6-4-7-13(10-12)31(29,30)21(2)3)22-18(25)14-8-5-9-15(23(27)28)16(14)19(22)26/h4-11H,1-3H3,(H,20,24). The van der Waals surface area contributed by atoms with Crippen molar-refractivity contribution >= 4 is 39.1 Å². The first-order chi connectivity index (χ1) is 14.5. The molecule has 162 valence electrons. The van der Waals surface area contributed by atoms with Gasteiger partial charge >= 0.3 is 0 Å². The summed E-state index contributed by atoms with van der Waals surface area (Å²) in [7, 11) is -1.01. The summed E-state index contributed by atoms with van der Waals surface area (Å²) in [5.74, 6) is -2.54. The summed E-state index contributed by atoms with van der Waals surface area (Å²) >= 11 is 0. The van der Waals surface area contributed by atoms with Crippen LogP contribution in [0.1, 0.15) is 27.6 Å². The van der Waals surface area contributed by atoms with Crippen molar-refractivity contribution < 1.29 is 27.7 Å². The van der Waals surface area contributed by atoms with Crippen LogP contribution in [-0.4, -0.2) is 60.4 Å². The van der Waals surface area contributed by atoms with Gasteiger partial charge in [-0.25, -0.2) is 12.7 Å². The largest absolute Gasteiger partial charge is 0.324 e. The Morgan fingerprint density at radius 2 is 1.77 bits per heavy atom. The molecule has 31 heavy (non-hydrogen) atoms. The molecule has 0 aromatic heterocycles. The van der Waals surface area contributed by atoms with Crippen molar-refractivity contribution in [3.63, 3.8) is 0 Å². The molecule has 0 fully saturated rings. The number of anilines is 1. The maximum Gasteiger partial charge on any atom is 0.282 e. The fourth-order valence-corrected chi connectivity index (χ4v) is 4.05. The maximum atomic E-state index is 12.7. The highest BCUT2D eigenvalue weighted by Gasteiger charge is 2.44. The van der Waals surface area contributed by atoms with Crippen LogP contribution >= 0.6 is 0 Å². The normalized spacial score (nSPS) is 14.5. The molecule has 12 heteroatoms. The summed E-state index contributed by atoms with van der Waals surface area (Å²) in [6.07, 6.45) is 0. The second-order valence-electron chi connectivity index (χ2n) is 6.92. The fourth-order valence-electron chi connectivity index (χ4n) is 3.10. The molecule has 1 unspecified atom stereocenters. The summed E-state index contributed by atoms with van der Waals surface area (Å²) in [5.41, 5.74) is -0.899. The molecule has 0 radical (unpaired) electrons. The Labute approximate surface area is 177 Å². The van der Waals surface area contributed by atoms with Gasteiger partial charge in [0.15, 0.2) is 0 Å². The molecule has 2 aromatic carbocycles. The van der Waals surface area contributed by atoms with E-state index in [0.29, 0.717) is 4.90 Å². The molecule has 3 amide bonds. The van der Waals surface area contributed by atoms with E-state index in [1.54, 1.807) is 0 Å². The average Bonchev–Trinajstić information content (AvgIpc) is 2.97. The van der Waals surface area contributed by atoms with Crippen molar-refractivity contribution in [3.8, 4) is 0 Å². The van der Waals surface area contributed by atoms with Crippen LogP contribution in [0.15, 0.2) is 47.4 Å². The molecular formula is C19H18N4O7S. The number of nitro groups is 1. The lowest BCUT2D eigenvalue weighted by atomic mass is 10.1. The molecule has 1 N–H and O–H groups in total. The summed E-state index contributed by atoms with van der Waals surface area (Å²) in [4.78, 5) is 49.1. The second-order valence-corrected chi connectivity index (χ2v) is 9.07. The van der Waals surface area contributed by atoms with Gasteiger partial charge in [-0.2, -0.15) is 0 Å². The summed E-state index contributed by atoms with van der Waals surface area (Å²) in [5, 5.41) is 13.7. The van der Waals surface area contributed by atoms with E-state index in [4.69, 9.17) is 0 Å². The monoisotopic (exact) mass is 446 g/mol. The average molecular weight is 446 g/mol. The fraction of sp³-hybridized carbons (Fsp3) is 0.211. The Balaban J connectivity index is 1.87. The first-order valence-electron chi connectivity index (χ1n) is 8.95. The molecule has 2 aromatic rings. The highest BCUT2D eigenvalue weighted by atomic mass is 32.2. The van der Waals surface area contributed by atoms with Gasteiger partial charge in [-0.1, -0.05) is 12.1 Å². The topological polar surface area (TPSA) is 147 Å². The quantitative estimate of drug-likeness (QED) is 0.401. The number of nitro benzene ring substituents is 1. The van der Waals surface area contributed by atoms with Gasteiger partial charge in [0.1, 0.15) is 11.6 Å². The second kappa shape index (κ2) is 7.89. The molecule has 0 saturated carbocycles. The number of sulfonamides is 1. The van der Waals surface area contributed by atoms with Crippen molar-refractivity contribution in [1.82, 2.24) is 9.21 Å². The van der Waals surface area contributed by atoms with E-state index in [9.17, 15) is 32.9 Å². The number of hydrogen-bond donors (Lipinski definition) is 1. The molecule has 3 rings (SSSR count). The molecule has 1 atom stereocenters. The van der Waals surface area contributed by atoms with Crippen molar-refractivity contribution in [2.45, 2.75) is 17.9 Å². The predicted octanol–water partition coefficient (Wildman–Crippen LogP) is 1.47. The Bertz CT molecular complexity index is 1220. The van der Waals surface area contributed by atoms with Crippen molar-refractivity contribution in [3.05, 3.63) is 63.7 Å². The van der Waals surface area contributed by atoms with Gasteiger partial charge in [0.25, 0.3) is 17.5 Å². The van der Waals surface area contributed by atoms with Crippen molar-refractivity contribution in [1.29, 1.82) is 0 Å². The van der Waals surface area contributed by atoms with Gasteiger partial charge in [0, 0.05) is 25.8 Å². The molecule has 0 bridgehead atoms. The van der Waals surface area contributed by atoms with E-state index in [1.165, 1.54) is 57.4 Å². The molecule has 0 spiro atoms. The van der Waals surface area contributed by atoms with Gasteiger partial charge in [-0.3, -0.25) is 29.4 Å². The lowest BCUT2D eigenvalue weighted by Crippen LogP contribution is -2.45. The number of benzene rings is 2. The number of nitrogens with one attached hydrogen (secondary N) is 1. The maximum absolute atomic E-state index is 12.7. The molecule has 0 saturated heterocycles. The van der Waals surface area contributed by atoms with Crippen molar-refractivity contribution in [2.75, 3.05) is 19.4 Å². The van der Waals surface area contributed by atoms with Gasteiger partial charge in [-0.05, 0) is 31.2 Å². The number of carbonyl (C=O) groups excluding carboxylic acids is 3. The lowest BCUT2D eigenvalue weighted by molar-refractivity contribution is -0.385. The predicted molar refractivity (Wildman–Crippen MR) is 109 cm³/mol. The lowest BCUT2D eigenvalue weighted by Gasteiger charge is -2.21. The van der Waals surface area contributed by atoms with Gasteiger partial charge in [0.2, 0.25) is 15.9 Å². The van der Waals surface area contributed by atoms with E-state index in [-0.39, 0.29) is 21.7 Å². The minimum atomic E-state index is -3.74. The first-order valence-corrected chi connectivity index (χ1v) is 10.4. The molecular weight excluding hydrogens is 428 g/mol. The number of imide groups is 1. The van der Waals surface area contributed by atoms with E-state index in [0.717, 1.165) is 10.4 Å². The molecule has 0 aliphatic carbocycles. The van der Waals surface area contributed by atoms with Crippen LogP contribution < -0.4 is 5.32 Å². The summed E-state index contributed by atoms with van der Waals surface area (Å²) < 4.78 is 25.6. The summed E-state index contributed by atoms with van der Waals surface area (Å²) in [6.45, 7) is 1.29. The van der Waals surface area contributed by atoms with Crippen LogP contribution in [0.3, 0.4) is 0 Å². The van der Waals surface area contributed by atoms with E-state index in [2.05, 4.69) is 5.32 Å². The zero-order valence-corrected chi connectivity index (χ0v) is 17.5. The Morgan fingerprint density at radius 1 is 1.13 bits per heavy atom. The van der Waals surface area contributed by atoms with Crippen LogP contribution in [0.2, 0.25) is 0 Å². The zero-order valence-electron chi connectivity index (χ0n) is 16.7. The molecule has 1 aliphatic rings. The van der Waals surface area contributed by atoms with Crippen molar-refractivity contribution in [2.24, 2.45) is 0 Å². The minimum absolute atomic E-state index is 0.0562. The zero-order chi connectivity index (χ0) is 23.1. The van der Waals surface area contributed by atoms with Gasteiger partial charge < -0.3 is 5.32 Å². The van der Waals surface area contributed by atoms with Gasteiger partial charge in [-0.15, -0.1) is 0 Å². The van der Waals surface area contributed by atoms with Gasteiger partial charge in [0.05, 0.1) is 15.4 Å². The van der Waals surface area contributed by atoms with Crippen LogP contribution in [0.25, 0.3) is 0 Å². The van der Waals surface area contributed by atoms with E-state index < -0.39 is 44.4 Å². The number of amides is 3. The Kier molecular flexibility index (Phi) is 5.61. The Hall–Kier alpha value is -3.64. The van der Waals surface area contributed by atoms with Crippen LogP contribution in [0.4, 0.5) is 11.4 Å². The van der Waals surface area contributed by atoms with Crippen LogP contribution in [0.5, 0.6) is 0 Å². The highest BCUT2D eigenvalue weighted by molar-refractivity contribution is 7.89. The molecule has 1 heterocycles. The first kappa shape index (κ1) is 22.1. The van der Waals surface area contributed by atoms with E-state index in [1.807, 2.05) is 0 Å². The Morgan fingerprint density at radius 3 is 2.39 bits per heavy atom. The third kappa shape index (κ3) is 3.78. The van der Waals surface area contributed by atoms with E-state index >= 15 is 0 Å². The third-order valence-corrected chi connectivity index (χ3v) is 6.58. The molecule has 11 nitrogen and oxygen atoms in total. The number of hydrogen-bond acceptors (Lipinski definition) is 7. The third-order valence-electron chi connectivity index (χ3n) is 4.77. The smallest absolute Gasteiger partial charge is 0.282 e. The summed E-state index contributed by atoms with van der Waals surface area (Å²) in [6, 6.07) is 7.85.